The number of ether oxygens (including phenoxy) is 1. The third-order valence-corrected chi connectivity index (χ3v) is 6.19. The lowest BCUT2D eigenvalue weighted by molar-refractivity contribution is 0.0697. The molecule has 0 fully saturated rings. The molecule has 3 aromatic rings. The van der Waals surface area contributed by atoms with Crippen molar-refractivity contribution < 1.29 is 14.6 Å². The molecule has 0 unspecified atom stereocenters. The average Bonchev–Trinajstić information content (AvgIpc) is 2.90. The Morgan fingerprint density at radius 1 is 0.889 bits per heavy atom. The molecule has 1 N–H and O–H groups in total. The fraction of sp³-hybridized carbons (Fsp3) is 0.400. The van der Waals surface area contributed by atoms with E-state index in [9.17, 15) is 15.2 Å². The van der Waals surface area contributed by atoms with Gasteiger partial charge < -0.3 is 9.84 Å². The molecule has 3 rings (SSSR count). The van der Waals surface area contributed by atoms with Gasteiger partial charge in [0.2, 0.25) is 0 Å². The number of unbranched alkanes of at least 4 members (excludes halogenated alkanes) is 6. The van der Waals surface area contributed by atoms with Crippen LogP contribution in [0.25, 0.3) is 22.5 Å². The van der Waals surface area contributed by atoms with Gasteiger partial charge in [0.25, 0.3) is 0 Å². The molecule has 6 heteroatoms. The number of carboxylic acids is 1. The first-order valence-electron chi connectivity index (χ1n) is 12.9. The average molecular weight is 486 g/mol. The predicted octanol–water partition coefficient (Wildman–Crippen LogP) is 7.46. The van der Waals surface area contributed by atoms with Crippen LogP contribution in [0.3, 0.4) is 0 Å². The molecule has 6 nitrogen and oxygen atoms in total. The molecule has 0 saturated heterocycles. The van der Waals surface area contributed by atoms with Crippen molar-refractivity contribution in [1.29, 1.82) is 5.26 Å². The van der Waals surface area contributed by atoms with E-state index >= 15 is 0 Å². The van der Waals surface area contributed by atoms with Crippen molar-refractivity contribution in [1.82, 2.24) is 9.97 Å². The van der Waals surface area contributed by atoms with E-state index in [0.717, 1.165) is 36.8 Å². The van der Waals surface area contributed by atoms with Crippen molar-refractivity contribution in [3.05, 3.63) is 65.5 Å². The summed E-state index contributed by atoms with van der Waals surface area (Å²) in [6, 6.07) is 12.6. The van der Waals surface area contributed by atoms with E-state index in [2.05, 4.69) is 29.9 Å². The number of hydrogen-bond donors (Lipinski definition) is 1. The summed E-state index contributed by atoms with van der Waals surface area (Å²) in [7, 11) is 0. The Bertz CT molecular complexity index is 1170. The lowest BCUT2D eigenvalue weighted by Gasteiger charge is -2.14. The van der Waals surface area contributed by atoms with Crippen LogP contribution in [-0.2, 0) is 6.42 Å². The minimum Gasteiger partial charge on any atom is -0.492 e. The molecule has 0 spiro atoms. The number of nitrogens with zero attached hydrogens (tertiary/aromatic N) is 3. The van der Waals surface area contributed by atoms with Crippen LogP contribution in [0.15, 0.2) is 48.8 Å². The Morgan fingerprint density at radius 3 is 2.14 bits per heavy atom. The molecular weight excluding hydrogens is 450 g/mol. The molecule has 0 saturated carbocycles. The van der Waals surface area contributed by atoms with Gasteiger partial charge in [0.15, 0.2) is 5.82 Å². The smallest absolute Gasteiger partial charge is 0.336 e. The summed E-state index contributed by atoms with van der Waals surface area (Å²) in [5.41, 5.74) is 3.23. The summed E-state index contributed by atoms with van der Waals surface area (Å²) in [6.07, 6.45) is 13.8. The SMILES string of the molecule is CCCCCCCCCOc1ccc(C(=O)O)c(-c2ccc(-c3ncc(CCC)cn3)cc2)c1C#N. The maximum Gasteiger partial charge on any atom is 0.336 e. The summed E-state index contributed by atoms with van der Waals surface area (Å²) in [6.45, 7) is 4.82. The number of hydrogen-bond acceptors (Lipinski definition) is 5. The van der Waals surface area contributed by atoms with Crippen molar-refractivity contribution in [2.45, 2.75) is 71.6 Å². The lowest BCUT2D eigenvalue weighted by atomic mass is 9.93. The molecule has 188 valence electrons. The Hall–Kier alpha value is -3.72. The second-order valence-electron chi connectivity index (χ2n) is 8.99. The summed E-state index contributed by atoms with van der Waals surface area (Å²) >= 11 is 0. The first-order chi connectivity index (χ1) is 17.6. The van der Waals surface area contributed by atoms with Crippen molar-refractivity contribution in [2.75, 3.05) is 6.61 Å². The zero-order valence-corrected chi connectivity index (χ0v) is 21.3. The molecule has 0 aliphatic rings. The molecule has 36 heavy (non-hydrogen) atoms. The van der Waals surface area contributed by atoms with Gasteiger partial charge in [0.1, 0.15) is 17.4 Å². The highest BCUT2D eigenvalue weighted by molar-refractivity contribution is 5.98. The van der Waals surface area contributed by atoms with Gasteiger partial charge in [0.05, 0.1) is 12.2 Å². The van der Waals surface area contributed by atoms with Gasteiger partial charge in [-0.1, -0.05) is 83.1 Å². The Kier molecular flexibility index (Phi) is 10.4. The van der Waals surface area contributed by atoms with Gasteiger partial charge in [-0.2, -0.15) is 5.26 Å². The molecular formula is C30H35N3O3. The van der Waals surface area contributed by atoms with E-state index in [-0.39, 0.29) is 11.1 Å². The van der Waals surface area contributed by atoms with Gasteiger partial charge in [-0.25, -0.2) is 14.8 Å². The normalized spacial score (nSPS) is 10.7. The lowest BCUT2D eigenvalue weighted by Crippen LogP contribution is -2.05. The van der Waals surface area contributed by atoms with E-state index in [4.69, 9.17) is 4.74 Å². The van der Waals surface area contributed by atoms with Crippen LogP contribution < -0.4 is 4.74 Å². The van der Waals surface area contributed by atoms with Crippen LogP contribution in [0.1, 0.15) is 86.7 Å². The highest BCUT2D eigenvalue weighted by Crippen LogP contribution is 2.35. The van der Waals surface area contributed by atoms with Gasteiger partial charge in [-0.15, -0.1) is 0 Å². The first-order valence-corrected chi connectivity index (χ1v) is 12.9. The van der Waals surface area contributed by atoms with E-state index < -0.39 is 5.97 Å². The summed E-state index contributed by atoms with van der Waals surface area (Å²) in [5.74, 6) is -0.0615. The zero-order chi connectivity index (χ0) is 25.8. The van der Waals surface area contributed by atoms with E-state index in [1.165, 1.54) is 38.2 Å². The van der Waals surface area contributed by atoms with Crippen LogP contribution in [0.4, 0.5) is 0 Å². The number of carbonyl (C=O) groups is 1. The van der Waals surface area contributed by atoms with Crippen LogP contribution >= 0.6 is 0 Å². The molecule has 0 radical (unpaired) electrons. The topological polar surface area (TPSA) is 96.1 Å². The Balaban J connectivity index is 1.78. The summed E-state index contributed by atoms with van der Waals surface area (Å²) in [5, 5.41) is 19.8. The number of aryl methyl sites for hydroxylation is 1. The molecule has 0 bridgehead atoms. The number of aromatic nitrogens is 2. The number of benzene rings is 2. The summed E-state index contributed by atoms with van der Waals surface area (Å²) < 4.78 is 5.94. The quantitative estimate of drug-likeness (QED) is 0.238. The molecule has 1 aromatic heterocycles. The molecule has 0 atom stereocenters. The Morgan fingerprint density at radius 2 is 1.53 bits per heavy atom. The number of nitriles is 1. The summed E-state index contributed by atoms with van der Waals surface area (Å²) in [4.78, 5) is 20.9. The van der Waals surface area contributed by atoms with Gasteiger partial charge in [-0.05, 0) is 36.1 Å². The second-order valence-corrected chi connectivity index (χ2v) is 8.99. The van der Waals surface area contributed by atoms with E-state index in [1.54, 1.807) is 18.2 Å². The van der Waals surface area contributed by atoms with Crippen LogP contribution in [0, 0.1) is 11.3 Å². The van der Waals surface area contributed by atoms with Crippen molar-refractivity contribution in [3.63, 3.8) is 0 Å². The van der Waals surface area contributed by atoms with Crippen LogP contribution in [-0.4, -0.2) is 27.7 Å². The third-order valence-electron chi connectivity index (χ3n) is 6.19. The third kappa shape index (κ3) is 7.14. The molecule has 1 heterocycles. The fourth-order valence-corrected chi connectivity index (χ4v) is 4.24. The van der Waals surface area contributed by atoms with Gasteiger partial charge in [0, 0.05) is 23.5 Å². The van der Waals surface area contributed by atoms with Crippen molar-refractivity contribution in [2.24, 2.45) is 0 Å². The minimum absolute atomic E-state index is 0.0720. The molecule has 0 aliphatic carbocycles. The molecule has 0 amide bonds. The van der Waals surface area contributed by atoms with Crippen molar-refractivity contribution in [3.8, 4) is 34.3 Å². The first kappa shape index (κ1) is 26.9. The maximum atomic E-state index is 12.0. The standard InChI is InChI=1S/C30H35N3O3/c1-3-5-6-7-8-9-10-18-36-27-17-16-25(30(34)35)28(26(27)19-31)23-12-14-24(15-13-23)29-32-20-22(11-4-2)21-33-29/h12-17,20-21H,3-11,18H2,1-2H3,(H,34,35). The Labute approximate surface area is 214 Å². The van der Waals surface area contributed by atoms with Gasteiger partial charge in [-0.3, -0.25) is 0 Å². The minimum atomic E-state index is -1.08. The van der Waals surface area contributed by atoms with Gasteiger partial charge >= 0.3 is 5.97 Å². The van der Waals surface area contributed by atoms with Crippen molar-refractivity contribution >= 4 is 5.97 Å². The predicted molar refractivity (Wildman–Crippen MR) is 142 cm³/mol. The van der Waals surface area contributed by atoms with E-state index in [0.29, 0.717) is 29.3 Å². The molecule has 0 aliphatic heterocycles. The van der Waals surface area contributed by atoms with Crippen LogP contribution in [0.5, 0.6) is 5.75 Å². The zero-order valence-electron chi connectivity index (χ0n) is 21.3. The van der Waals surface area contributed by atoms with E-state index in [1.807, 2.05) is 24.5 Å². The number of rotatable bonds is 14. The number of carboxylic acid groups (broad SMARTS) is 1. The second kappa shape index (κ2) is 14.0. The number of aromatic carboxylic acids is 1. The molecule has 2 aromatic carbocycles. The van der Waals surface area contributed by atoms with Crippen LogP contribution in [0.2, 0.25) is 0 Å². The monoisotopic (exact) mass is 485 g/mol. The highest BCUT2D eigenvalue weighted by Gasteiger charge is 2.20. The highest BCUT2D eigenvalue weighted by atomic mass is 16.5. The maximum absolute atomic E-state index is 12.0. The largest absolute Gasteiger partial charge is 0.492 e. The fourth-order valence-electron chi connectivity index (χ4n) is 4.24.